The summed E-state index contributed by atoms with van der Waals surface area (Å²) in [6, 6.07) is 11.8. The molecule has 0 spiro atoms. The second kappa shape index (κ2) is 7.42. The van der Waals surface area contributed by atoms with Crippen LogP contribution in [0.1, 0.15) is 11.6 Å². The van der Waals surface area contributed by atoms with E-state index < -0.39 is 17.6 Å². The highest BCUT2D eigenvalue weighted by atomic mass is 16.5. The zero-order valence-corrected chi connectivity index (χ0v) is 12.3. The van der Waals surface area contributed by atoms with Gasteiger partial charge >= 0.3 is 5.97 Å². The van der Waals surface area contributed by atoms with Crippen LogP contribution in [0.5, 0.6) is 0 Å². The van der Waals surface area contributed by atoms with Crippen molar-refractivity contribution in [2.45, 2.75) is 12.6 Å². The minimum Gasteiger partial charge on any atom is -0.467 e. The quantitative estimate of drug-likeness (QED) is 0.815. The summed E-state index contributed by atoms with van der Waals surface area (Å²) in [6.07, 6.45) is 1.49. The van der Waals surface area contributed by atoms with Gasteiger partial charge in [-0.3, -0.25) is 9.36 Å². The average molecular weight is 302 g/mol. The van der Waals surface area contributed by atoms with E-state index in [2.05, 4.69) is 0 Å². The Morgan fingerprint density at radius 1 is 1.23 bits per heavy atom. The van der Waals surface area contributed by atoms with Crippen LogP contribution in [0.4, 0.5) is 5.69 Å². The number of ether oxygens (including phenoxy) is 2. The molecule has 1 unspecified atom stereocenters. The van der Waals surface area contributed by atoms with Gasteiger partial charge in [-0.25, -0.2) is 4.79 Å². The van der Waals surface area contributed by atoms with Crippen LogP contribution < -0.4 is 11.3 Å². The molecule has 0 saturated heterocycles. The summed E-state index contributed by atoms with van der Waals surface area (Å²) in [5, 5.41) is 0. The molecule has 1 heterocycles. The maximum Gasteiger partial charge on any atom is 0.331 e. The fourth-order valence-corrected chi connectivity index (χ4v) is 2.03. The second-order valence-electron chi connectivity index (χ2n) is 4.72. The molecule has 0 saturated carbocycles. The number of nitrogens with two attached hydrogens (primary N) is 1. The van der Waals surface area contributed by atoms with E-state index in [-0.39, 0.29) is 12.3 Å². The molecule has 0 aliphatic rings. The number of carbonyl (C=O) groups is 1. The number of benzene rings is 1. The van der Waals surface area contributed by atoms with Crippen molar-refractivity contribution in [2.24, 2.45) is 0 Å². The maximum atomic E-state index is 12.0. The predicted molar refractivity (Wildman–Crippen MR) is 82.3 cm³/mol. The van der Waals surface area contributed by atoms with Crippen LogP contribution >= 0.6 is 0 Å². The Morgan fingerprint density at radius 2 is 1.95 bits per heavy atom. The fourth-order valence-electron chi connectivity index (χ4n) is 2.03. The summed E-state index contributed by atoms with van der Waals surface area (Å²) < 4.78 is 11.5. The summed E-state index contributed by atoms with van der Waals surface area (Å²) in [7, 11) is 1.27. The van der Waals surface area contributed by atoms with Crippen molar-refractivity contribution in [3.05, 3.63) is 64.6 Å². The first-order valence-corrected chi connectivity index (χ1v) is 6.79. The van der Waals surface area contributed by atoms with Gasteiger partial charge in [-0.05, 0) is 17.7 Å². The van der Waals surface area contributed by atoms with E-state index in [1.54, 1.807) is 6.07 Å². The number of pyridine rings is 1. The SMILES string of the molecule is COC(=O)C(COCc1ccccc1)n1cccc(N)c1=O. The molecule has 0 aliphatic carbocycles. The molecule has 0 aliphatic heterocycles. The van der Waals surface area contributed by atoms with Gasteiger partial charge in [0.05, 0.1) is 26.0 Å². The average Bonchev–Trinajstić information content (AvgIpc) is 2.55. The van der Waals surface area contributed by atoms with Crippen LogP contribution in [0.2, 0.25) is 0 Å². The van der Waals surface area contributed by atoms with Crippen LogP contribution in [0.15, 0.2) is 53.5 Å². The van der Waals surface area contributed by atoms with Crippen molar-refractivity contribution in [3.63, 3.8) is 0 Å². The molecule has 2 N–H and O–H groups in total. The van der Waals surface area contributed by atoms with Gasteiger partial charge < -0.3 is 15.2 Å². The minimum atomic E-state index is -0.871. The largest absolute Gasteiger partial charge is 0.467 e. The molecule has 0 fully saturated rings. The molecule has 0 radical (unpaired) electrons. The lowest BCUT2D eigenvalue weighted by atomic mass is 10.2. The molecule has 22 heavy (non-hydrogen) atoms. The number of esters is 1. The van der Waals surface area contributed by atoms with E-state index in [1.165, 1.54) is 23.9 Å². The summed E-state index contributed by atoms with van der Waals surface area (Å²) in [4.78, 5) is 24.0. The summed E-state index contributed by atoms with van der Waals surface area (Å²) in [5.74, 6) is -0.555. The van der Waals surface area contributed by atoms with Gasteiger partial charge in [0, 0.05) is 6.20 Å². The number of nitrogens with zero attached hydrogens (tertiary/aromatic N) is 1. The highest BCUT2D eigenvalue weighted by Crippen LogP contribution is 2.10. The van der Waals surface area contributed by atoms with E-state index in [1.807, 2.05) is 30.3 Å². The number of nitrogen functional groups attached to an aromatic ring is 1. The van der Waals surface area contributed by atoms with E-state index >= 15 is 0 Å². The zero-order valence-electron chi connectivity index (χ0n) is 12.3. The van der Waals surface area contributed by atoms with Crippen LogP contribution in [0.3, 0.4) is 0 Å². The smallest absolute Gasteiger partial charge is 0.331 e. The summed E-state index contributed by atoms with van der Waals surface area (Å²) in [5.41, 5.74) is 6.20. The minimum absolute atomic E-state index is 0.0188. The standard InChI is InChI=1S/C16H18N2O4/c1-21-16(20)14(18-9-5-8-13(17)15(18)19)11-22-10-12-6-3-2-4-7-12/h2-9,14H,10-11,17H2,1H3. The Balaban J connectivity index is 2.12. The van der Waals surface area contributed by atoms with Gasteiger partial charge in [0.25, 0.3) is 5.56 Å². The van der Waals surface area contributed by atoms with Crippen molar-refractivity contribution in [1.29, 1.82) is 0 Å². The number of carbonyl (C=O) groups excluding carboxylic acids is 1. The topological polar surface area (TPSA) is 83.6 Å². The lowest BCUT2D eigenvalue weighted by Crippen LogP contribution is -2.34. The number of hydrogen-bond donors (Lipinski definition) is 1. The summed E-state index contributed by atoms with van der Waals surface area (Å²) in [6.45, 7) is 0.357. The molecular formula is C16H18N2O4. The van der Waals surface area contributed by atoms with Crippen LogP contribution in [-0.4, -0.2) is 24.3 Å². The molecule has 6 heteroatoms. The van der Waals surface area contributed by atoms with Gasteiger partial charge in [-0.2, -0.15) is 0 Å². The number of anilines is 1. The van der Waals surface area contributed by atoms with Gasteiger partial charge in [0.2, 0.25) is 0 Å². The van der Waals surface area contributed by atoms with E-state index in [0.29, 0.717) is 6.61 Å². The van der Waals surface area contributed by atoms with Gasteiger partial charge in [-0.1, -0.05) is 30.3 Å². The Bertz CT molecular complexity index is 682. The molecule has 1 aromatic carbocycles. The molecule has 1 atom stereocenters. The van der Waals surface area contributed by atoms with Crippen LogP contribution in [-0.2, 0) is 20.9 Å². The highest BCUT2D eigenvalue weighted by molar-refractivity contribution is 5.74. The highest BCUT2D eigenvalue weighted by Gasteiger charge is 2.23. The Labute approximate surface area is 128 Å². The van der Waals surface area contributed by atoms with E-state index in [0.717, 1.165) is 5.56 Å². The monoisotopic (exact) mass is 302 g/mol. The van der Waals surface area contributed by atoms with Crippen LogP contribution in [0, 0.1) is 0 Å². The Hall–Kier alpha value is -2.60. The number of hydrogen-bond acceptors (Lipinski definition) is 5. The van der Waals surface area contributed by atoms with E-state index in [4.69, 9.17) is 15.2 Å². The molecule has 0 amide bonds. The number of methoxy groups -OCH3 is 1. The lowest BCUT2D eigenvalue weighted by Gasteiger charge is -2.18. The molecule has 6 nitrogen and oxygen atoms in total. The normalized spacial score (nSPS) is 11.9. The van der Waals surface area contributed by atoms with Crippen LogP contribution in [0.25, 0.3) is 0 Å². The number of rotatable bonds is 6. The fraction of sp³-hybridized carbons (Fsp3) is 0.250. The van der Waals surface area contributed by atoms with Crippen molar-refractivity contribution in [2.75, 3.05) is 19.5 Å². The second-order valence-corrected chi connectivity index (χ2v) is 4.72. The predicted octanol–water partition coefficient (Wildman–Crippen LogP) is 1.36. The molecule has 1 aromatic heterocycles. The third-order valence-corrected chi connectivity index (χ3v) is 3.20. The third-order valence-electron chi connectivity index (χ3n) is 3.20. The Morgan fingerprint density at radius 3 is 2.64 bits per heavy atom. The number of aromatic nitrogens is 1. The van der Waals surface area contributed by atoms with Gasteiger partial charge in [0.15, 0.2) is 6.04 Å². The summed E-state index contributed by atoms with van der Waals surface area (Å²) >= 11 is 0. The zero-order chi connectivity index (χ0) is 15.9. The molecule has 2 rings (SSSR count). The first-order chi connectivity index (χ1) is 10.6. The van der Waals surface area contributed by atoms with Crippen molar-refractivity contribution >= 4 is 11.7 Å². The Kier molecular flexibility index (Phi) is 5.32. The van der Waals surface area contributed by atoms with E-state index in [9.17, 15) is 9.59 Å². The van der Waals surface area contributed by atoms with Crippen molar-refractivity contribution < 1.29 is 14.3 Å². The van der Waals surface area contributed by atoms with Crippen molar-refractivity contribution in [1.82, 2.24) is 4.57 Å². The molecular weight excluding hydrogens is 284 g/mol. The maximum absolute atomic E-state index is 12.0. The van der Waals surface area contributed by atoms with Crippen molar-refractivity contribution in [3.8, 4) is 0 Å². The lowest BCUT2D eigenvalue weighted by molar-refractivity contribution is -0.146. The van der Waals surface area contributed by atoms with Gasteiger partial charge in [0.1, 0.15) is 0 Å². The van der Waals surface area contributed by atoms with Gasteiger partial charge in [-0.15, -0.1) is 0 Å². The molecule has 0 bridgehead atoms. The molecule has 116 valence electrons. The third kappa shape index (κ3) is 3.73. The first kappa shape index (κ1) is 15.8. The first-order valence-electron chi connectivity index (χ1n) is 6.79. The molecule has 2 aromatic rings.